The summed E-state index contributed by atoms with van der Waals surface area (Å²) in [5.74, 6) is 0.191. The summed E-state index contributed by atoms with van der Waals surface area (Å²) in [5, 5.41) is 20.7. The number of carboxylic acid groups (broad SMARTS) is 1. The van der Waals surface area contributed by atoms with Crippen molar-refractivity contribution in [3.8, 4) is 22.8 Å². The third-order valence-corrected chi connectivity index (χ3v) is 7.08. The van der Waals surface area contributed by atoms with Crippen LogP contribution in [0.5, 0.6) is 11.5 Å². The summed E-state index contributed by atoms with van der Waals surface area (Å²) in [5.41, 5.74) is 10.3. The number of anilines is 2. The maximum atomic E-state index is 13.1. The van der Waals surface area contributed by atoms with Crippen molar-refractivity contribution in [3.63, 3.8) is 0 Å². The second-order valence-electron chi connectivity index (χ2n) is 9.81. The topological polar surface area (TPSA) is 190 Å². The predicted octanol–water partition coefficient (Wildman–Crippen LogP) is 1.48. The van der Waals surface area contributed by atoms with E-state index < -0.39 is 5.97 Å². The second-order valence-corrected chi connectivity index (χ2v) is 9.81. The molecule has 4 heterocycles. The molecule has 6 N–H and O–H groups in total. The first kappa shape index (κ1) is 28.4. The Labute approximate surface area is 241 Å². The number of quaternary nitrogens is 1. The van der Waals surface area contributed by atoms with Gasteiger partial charge >= 0.3 is 0 Å². The van der Waals surface area contributed by atoms with Gasteiger partial charge in [0.15, 0.2) is 5.65 Å². The number of nitrogen functional groups attached to an aromatic ring is 1. The lowest BCUT2D eigenvalue weighted by molar-refractivity contribution is -0.664. The van der Waals surface area contributed by atoms with E-state index in [4.69, 9.17) is 30.2 Å². The number of carbonyl (C=O) groups excluding carboxylic acids is 2. The van der Waals surface area contributed by atoms with Crippen LogP contribution >= 0.6 is 0 Å². The summed E-state index contributed by atoms with van der Waals surface area (Å²) in [6, 6.07) is 13.2. The summed E-state index contributed by atoms with van der Waals surface area (Å²) >= 11 is 0. The molecule has 1 aliphatic rings. The van der Waals surface area contributed by atoms with Crippen LogP contribution in [0.3, 0.4) is 0 Å². The number of rotatable bonds is 6. The minimum Gasteiger partial charge on any atom is -0.550 e. The zero-order chi connectivity index (χ0) is 29.8. The van der Waals surface area contributed by atoms with Gasteiger partial charge < -0.3 is 40.7 Å². The molecule has 13 nitrogen and oxygen atoms in total. The molecule has 5 aromatic rings. The van der Waals surface area contributed by atoms with Crippen LogP contribution in [0.4, 0.5) is 11.5 Å². The van der Waals surface area contributed by atoms with Gasteiger partial charge in [0.2, 0.25) is 0 Å². The number of carboxylic acids is 1. The second kappa shape index (κ2) is 12.1. The van der Waals surface area contributed by atoms with Crippen LogP contribution in [-0.2, 0) is 4.79 Å². The lowest BCUT2D eigenvalue weighted by Gasteiger charge is -2.21. The maximum absolute atomic E-state index is 13.1. The predicted molar refractivity (Wildman–Crippen MR) is 155 cm³/mol. The molecule has 0 radical (unpaired) electrons. The van der Waals surface area contributed by atoms with Crippen LogP contribution in [0.15, 0.2) is 48.8 Å². The van der Waals surface area contributed by atoms with E-state index in [1.165, 1.54) is 6.33 Å². The number of carbonyl (C=O) groups is 2. The molecule has 0 bridgehead atoms. The number of piperidine rings is 1. The zero-order valence-corrected chi connectivity index (χ0v) is 23.5. The van der Waals surface area contributed by atoms with Crippen LogP contribution in [0, 0.1) is 0 Å². The van der Waals surface area contributed by atoms with E-state index in [1.54, 1.807) is 26.4 Å². The van der Waals surface area contributed by atoms with Gasteiger partial charge in [-0.2, -0.15) is 5.10 Å². The smallest absolute Gasteiger partial charge is 0.272 e. The van der Waals surface area contributed by atoms with Gasteiger partial charge in [-0.25, -0.2) is 14.6 Å². The van der Waals surface area contributed by atoms with Gasteiger partial charge in [-0.3, -0.25) is 4.79 Å². The van der Waals surface area contributed by atoms with Crippen molar-refractivity contribution in [2.24, 2.45) is 0 Å². The lowest BCUT2D eigenvalue weighted by atomic mass is 10.1. The number of fused-ring (bicyclic) bond motifs is 2. The highest BCUT2D eigenvalue weighted by Gasteiger charge is 2.25. The number of H-pyrrole nitrogens is 1. The highest BCUT2D eigenvalue weighted by Crippen LogP contribution is 2.37. The average molecular weight is 573 g/mol. The molecule has 1 saturated heterocycles. The molecule has 42 heavy (non-hydrogen) atoms. The van der Waals surface area contributed by atoms with Gasteiger partial charge in [0.25, 0.3) is 5.91 Å². The molecular weight excluding hydrogens is 540 g/mol. The Morgan fingerprint density at radius 2 is 1.83 bits per heavy atom. The first-order valence-corrected chi connectivity index (χ1v) is 13.4. The highest BCUT2D eigenvalue weighted by atomic mass is 16.5. The van der Waals surface area contributed by atoms with Crippen LogP contribution in [0.25, 0.3) is 33.2 Å². The van der Waals surface area contributed by atoms with Gasteiger partial charge in [-0.05, 0) is 37.3 Å². The third-order valence-electron chi connectivity index (χ3n) is 7.08. The number of nitrogens with two attached hydrogens (primary N) is 2. The Hall–Kier alpha value is -5.17. The Kier molecular flexibility index (Phi) is 8.20. The molecule has 2 aromatic carbocycles. The number of hydrogen-bond donors (Lipinski definition) is 4. The molecule has 1 aliphatic heterocycles. The van der Waals surface area contributed by atoms with Crippen molar-refractivity contribution in [3.05, 3.63) is 54.5 Å². The van der Waals surface area contributed by atoms with E-state index in [9.17, 15) is 4.79 Å². The van der Waals surface area contributed by atoms with Gasteiger partial charge in [0.05, 0.1) is 44.4 Å². The standard InChI is InChI=1S/C27H28N8O3.C2H4O2/c1-37-21-5-3-4-18-17(21)13-20(32-18)27(36)33-19-7-6-15(12-22(19)38-2)24-23-25(28)30-14-31-26(23)35(34-24)16-8-10-29-11-9-16;1-2(3)4/h3-7,12-14,16,29,32H,8-11H2,1-2H3,(H,33,36)(H2,28,30,31);1H3,(H,3,4). The first-order chi connectivity index (χ1) is 20.3. The van der Waals surface area contributed by atoms with Crippen molar-refractivity contribution >= 4 is 45.3 Å². The third kappa shape index (κ3) is 5.67. The summed E-state index contributed by atoms with van der Waals surface area (Å²) in [6.45, 7) is 3.07. The van der Waals surface area contributed by atoms with Crippen molar-refractivity contribution in [1.82, 2.24) is 24.7 Å². The van der Waals surface area contributed by atoms with E-state index in [0.717, 1.165) is 55.0 Å². The summed E-state index contributed by atoms with van der Waals surface area (Å²) in [4.78, 5) is 33.9. The number of ether oxygens (including phenoxy) is 2. The van der Waals surface area contributed by atoms with E-state index >= 15 is 0 Å². The molecule has 0 saturated carbocycles. The SMILES string of the molecule is CC(=O)[O-].COc1cc(-c2nn(C3CC[NH2+]CC3)c3ncnc(N)c23)ccc1NC(=O)c1cc2c(OC)cccc2[nH]1. The fourth-order valence-corrected chi connectivity index (χ4v) is 5.16. The maximum Gasteiger partial charge on any atom is 0.272 e. The Morgan fingerprint density at radius 1 is 1.10 bits per heavy atom. The van der Waals surface area contributed by atoms with E-state index in [1.807, 2.05) is 35.0 Å². The van der Waals surface area contributed by atoms with Gasteiger partial charge in [-0.1, -0.05) is 12.1 Å². The van der Waals surface area contributed by atoms with E-state index in [-0.39, 0.29) is 11.9 Å². The molecule has 0 unspecified atom stereocenters. The molecule has 218 valence electrons. The molecule has 6 rings (SSSR count). The minimum atomic E-state index is -1.08. The van der Waals surface area contributed by atoms with Crippen molar-refractivity contribution in [2.45, 2.75) is 25.8 Å². The normalized spacial score (nSPS) is 13.4. The van der Waals surface area contributed by atoms with Crippen LogP contribution in [0.1, 0.15) is 36.3 Å². The molecule has 3 aromatic heterocycles. The molecule has 1 fully saturated rings. The highest BCUT2D eigenvalue weighted by molar-refractivity contribution is 6.07. The Balaban J connectivity index is 0.000000830. The quantitative estimate of drug-likeness (QED) is 0.233. The molecule has 0 aliphatic carbocycles. The zero-order valence-electron chi connectivity index (χ0n) is 23.5. The van der Waals surface area contributed by atoms with Crippen molar-refractivity contribution in [2.75, 3.05) is 38.4 Å². The van der Waals surface area contributed by atoms with Crippen molar-refractivity contribution < 1.29 is 29.5 Å². The summed E-state index contributed by atoms with van der Waals surface area (Å²) in [7, 11) is 3.17. The number of hydrogen-bond acceptors (Lipinski definition) is 9. The first-order valence-electron chi connectivity index (χ1n) is 13.4. The number of benzene rings is 2. The van der Waals surface area contributed by atoms with E-state index in [2.05, 4.69) is 25.6 Å². The largest absolute Gasteiger partial charge is 0.550 e. The number of nitrogens with one attached hydrogen (secondary N) is 2. The van der Waals surface area contributed by atoms with Crippen molar-refractivity contribution in [1.29, 1.82) is 0 Å². The Bertz CT molecular complexity index is 1750. The monoisotopic (exact) mass is 572 g/mol. The number of methoxy groups -OCH3 is 2. The molecule has 0 atom stereocenters. The molecular formula is C29H32N8O5. The molecule has 0 spiro atoms. The fourth-order valence-electron chi connectivity index (χ4n) is 5.16. The van der Waals surface area contributed by atoms with Crippen LogP contribution < -0.4 is 30.9 Å². The Morgan fingerprint density at radius 3 is 2.55 bits per heavy atom. The van der Waals surface area contributed by atoms with Gasteiger partial charge in [-0.15, -0.1) is 0 Å². The average Bonchev–Trinajstić information content (AvgIpc) is 3.61. The molecule has 1 amide bonds. The number of aromatic nitrogens is 5. The van der Waals surface area contributed by atoms with Gasteiger partial charge in [0.1, 0.15) is 35.0 Å². The summed E-state index contributed by atoms with van der Waals surface area (Å²) < 4.78 is 13.1. The van der Waals surface area contributed by atoms with Crippen LogP contribution in [-0.4, -0.2) is 63.9 Å². The minimum absolute atomic E-state index is 0.251. The number of nitrogens with zero attached hydrogens (tertiary/aromatic N) is 4. The number of aliphatic carboxylic acids is 1. The lowest BCUT2D eigenvalue weighted by Crippen LogP contribution is -2.86. The fraction of sp³-hybridized carbons (Fsp3) is 0.276. The molecule has 13 heteroatoms. The summed E-state index contributed by atoms with van der Waals surface area (Å²) in [6.07, 6.45) is 3.50. The van der Waals surface area contributed by atoms with Gasteiger partial charge in [0, 0.05) is 35.3 Å². The van der Waals surface area contributed by atoms with Crippen LogP contribution in [0.2, 0.25) is 0 Å². The number of aromatic amines is 1. The number of amides is 1. The van der Waals surface area contributed by atoms with E-state index in [0.29, 0.717) is 39.8 Å².